The zero-order valence-corrected chi connectivity index (χ0v) is 21.3. The molecule has 2 unspecified atom stereocenters. The fraction of sp³-hybridized carbons (Fsp3) is 0.520. The van der Waals surface area contributed by atoms with Crippen LogP contribution in [0, 0.1) is 17.2 Å². The Balaban J connectivity index is 1.67. The molecule has 3 N–H and O–H groups in total. The normalized spacial score (nSPS) is 22.6. The number of rotatable bonds is 6. The minimum absolute atomic E-state index is 0.131. The van der Waals surface area contributed by atoms with Gasteiger partial charge in [-0.3, -0.25) is 9.48 Å². The molecule has 1 aliphatic carbocycles. The van der Waals surface area contributed by atoms with Crippen molar-refractivity contribution >= 4 is 36.0 Å². The summed E-state index contributed by atoms with van der Waals surface area (Å²) in [5, 5.41) is 17.2. The number of amides is 1. The van der Waals surface area contributed by atoms with Crippen molar-refractivity contribution in [1.82, 2.24) is 9.78 Å². The van der Waals surface area contributed by atoms with Crippen LogP contribution in [0.1, 0.15) is 80.1 Å². The van der Waals surface area contributed by atoms with Crippen LogP contribution in [0.3, 0.4) is 0 Å². The molecule has 1 aromatic carbocycles. The van der Waals surface area contributed by atoms with Gasteiger partial charge < -0.3 is 25.1 Å². The minimum Gasteiger partial charge on any atom is -0.465 e. The molecule has 1 amide bonds. The van der Waals surface area contributed by atoms with Gasteiger partial charge in [-0.25, -0.2) is 4.79 Å². The quantitative estimate of drug-likeness (QED) is 0.462. The lowest BCUT2D eigenvalue weighted by Crippen LogP contribution is -2.41. The molecular formula is C25H32BN5O5. The fourth-order valence-electron chi connectivity index (χ4n) is 4.65. The number of anilines is 2. The van der Waals surface area contributed by atoms with E-state index in [1.54, 1.807) is 29.1 Å². The molecule has 0 spiro atoms. The van der Waals surface area contributed by atoms with E-state index in [4.69, 9.17) is 19.8 Å². The Morgan fingerprint density at radius 1 is 1.19 bits per heavy atom. The molecule has 2 aromatic rings. The summed E-state index contributed by atoms with van der Waals surface area (Å²) in [5.41, 5.74) is 5.98. The van der Waals surface area contributed by atoms with Gasteiger partial charge in [0.15, 0.2) is 5.82 Å². The second kappa shape index (κ2) is 9.60. The first-order valence-corrected chi connectivity index (χ1v) is 12.1. The number of esters is 1. The van der Waals surface area contributed by atoms with Gasteiger partial charge in [-0.05, 0) is 58.1 Å². The van der Waals surface area contributed by atoms with Crippen LogP contribution in [0.4, 0.5) is 11.5 Å². The topological polar surface area (TPSA) is 141 Å². The molecule has 0 radical (unpaired) electrons. The van der Waals surface area contributed by atoms with Crippen LogP contribution in [0.25, 0.3) is 0 Å². The van der Waals surface area contributed by atoms with E-state index in [9.17, 15) is 14.9 Å². The van der Waals surface area contributed by atoms with Gasteiger partial charge in [0.2, 0.25) is 0 Å². The molecule has 190 valence electrons. The average Bonchev–Trinajstić information content (AvgIpc) is 3.35. The molecule has 1 aliphatic heterocycles. The van der Waals surface area contributed by atoms with E-state index in [0.717, 1.165) is 25.7 Å². The summed E-state index contributed by atoms with van der Waals surface area (Å²) in [6, 6.07) is 7.31. The standard InChI is InChI=1S/C25H32BN5O5/c1-24(2)25(3,4)36-26(35-24)19-11-10-16(12-17(19)23(33)34-5)29-22-18(21(28)32)14-31(30-22)20-9-7-6-8-15(20)13-27/h10-12,14-15,20H,6-9H2,1-5H3,(H2,28,32)(H,29,30). The van der Waals surface area contributed by atoms with E-state index >= 15 is 0 Å². The number of methoxy groups -OCH3 is 1. The smallest absolute Gasteiger partial charge is 0.465 e. The van der Waals surface area contributed by atoms with Crippen molar-refractivity contribution in [3.63, 3.8) is 0 Å². The number of hydrogen-bond donors (Lipinski definition) is 2. The van der Waals surface area contributed by atoms with Gasteiger partial charge in [-0.1, -0.05) is 18.9 Å². The second-order valence-corrected chi connectivity index (χ2v) is 10.3. The lowest BCUT2D eigenvalue weighted by atomic mass is 9.75. The van der Waals surface area contributed by atoms with E-state index in [2.05, 4.69) is 16.5 Å². The van der Waals surface area contributed by atoms with Crippen LogP contribution in [0.15, 0.2) is 24.4 Å². The molecule has 1 saturated carbocycles. The van der Waals surface area contributed by atoms with Crippen LogP contribution < -0.4 is 16.5 Å². The number of benzene rings is 1. The Bertz CT molecular complexity index is 1200. The molecule has 2 atom stereocenters. The lowest BCUT2D eigenvalue weighted by molar-refractivity contribution is 0.00578. The summed E-state index contributed by atoms with van der Waals surface area (Å²) < 4.78 is 18.9. The van der Waals surface area contributed by atoms with Crippen LogP contribution in [0.2, 0.25) is 0 Å². The fourth-order valence-corrected chi connectivity index (χ4v) is 4.65. The van der Waals surface area contributed by atoms with E-state index < -0.39 is 30.2 Å². The van der Waals surface area contributed by atoms with Crippen molar-refractivity contribution < 1.29 is 23.6 Å². The Kier molecular flexibility index (Phi) is 6.86. The maximum Gasteiger partial charge on any atom is 0.495 e. The predicted molar refractivity (Wildman–Crippen MR) is 134 cm³/mol. The number of nitriles is 1. The van der Waals surface area contributed by atoms with Gasteiger partial charge in [0, 0.05) is 11.9 Å². The molecule has 2 heterocycles. The number of ether oxygens (including phenoxy) is 1. The number of primary amides is 1. The Hall–Kier alpha value is -3.36. The van der Waals surface area contributed by atoms with Gasteiger partial charge in [0.05, 0.1) is 41.9 Å². The van der Waals surface area contributed by atoms with Crippen LogP contribution in [-0.4, -0.2) is 47.1 Å². The van der Waals surface area contributed by atoms with Gasteiger partial charge in [0.25, 0.3) is 5.91 Å². The molecule has 4 rings (SSSR count). The number of aromatic nitrogens is 2. The van der Waals surface area contributed by atoms with Crippen LogP contribution in [0.5, 0.6) is 0 Å². The number of carbonyl (C=O) groups is 2. The zero-order chi connectivity index (χ0) is 26.3. The lowest BCUT2D eigenvalue weighted by Gasteiger charge is -2.32. The summed E-state index contributed by atoms with van der Waals surface area (Å²) in [6.45, 7) is 7.74. The summed E-state index contributed by atoms with van der Waals surface area (Å²) in [4.78, 5) is 24.9. The summed E-state index contributed by atoms with van der Waals surface area (Å²) >= 11 is 0. The van der Waals surface area contributed by atoms with Crippen molar-refractivity contribution in [2.75, 3.05) is 12.4 Å². The van der Waals surface area contributed by atoms with E-state index in [-0.39, 0.29) is 28.9 Å². The Labute approximate surface area is 211 Å². The van der Waals surface area contributed by atoms with Crippen LogP contribution >= 0.6 is 0 Å². The minimum atomic E-state index is -0.757. The van der Waals surface area contributed by atoms with E-state index in [0.29, 0.717) is 11.2 Å². The summed E-state index contributed by atoms with van der Waals surface area (Å²) in [5.74, 6) is -1.13. The third kappa shape index (κ3) is 4.71. The van der Waals surface area contributed by atoms with Crippen molar-refractivity contribution in [3.8, 4) is 6.07 Å². The average molecular weight is 493 g/mol. The van der Waals surface area contributed by atoms with Crippen molar-refractivity contribution in [3.05, 3.63) is 35.5 Å². The largest absolute Gasteiger partial charge is 0.495 e. The van der Waals surface area contributed by atoms with E-state index in [1.165, 1.54) is 7.11 Å². The molecule has 0 bridgehead atoms. The first kappa shape index (κ1) is 25.7. The molecular weight excluding hydrogens is 461 g/mol. The van der Waals surface area contributed by atoms with Crippen molar-refractivity contribution in [2.45, 2.75) is 70.6 Å². The highest BCUT2D eigenvalue weighted by Gasteiger charge is 2.52. The highest BCUT2D eigenvalue weighted by molar-refractivity contribution is 6.63. The van der Waals surface area contributed by atoms with E-state index in [1.807, 2.05) is 27.7 Å². The number of nitrogens with zero attached hydrogens (tertiary/aromatic N) is 3. The zero-order valence-electron chi connectivity index (χ0n) is 21.3. The van der Waals surface area contributed by atoms with Crippen molar-refractivity contribution in [2.24, 2.45) is 11.7 Å². The number of carbonyl (C=O) groups excluding carboxylic acids is 2. The van der Waals surface area contributed by atoms with Crippen molar-refractivity contribution in [1.29, 1.82) is 5.26 Å². The predicted octanol–water partition coefficient (Wildman–Crippen LogP) is 3.07. The molecule has 11 heteroatoms. The molecule has 36 heavy (non-hydrogen) atoms. The first-order valence-electron chi connectivity index (χ1n) is 12.1. The van der Waals surface area contributed by atoms with Gasteiger partial charge in [-0.2, -0.15) is 10.4 Å². The molecule has 2 aliphatic rings. The third-order valence-corrected chi connectivity index (χ3v) is 7.46. The monoisotopic (exact) mass is 493 g/mol. The molecule has 2 fully saturated rings. The molecule has 1 aromatic heterocycles. The Morgan fingerprint density at radius 2 is 1.86 bits per heavy atom. The van der Waals surface area contributed by atoms with Crippen LogP contribution in [-0.2, 0) is 14.0 Å². The Morgan fingerprint density at radius 3 is 2.47 bits per heavy atom. The first-order chi connectivity index (χ1) is 17.0. The molecule has 10 nitrogen and oxygen atoms in total. The number of hydrogen-bond acceptors (Lipinski definition) is 8. The summed E-state index contributed by atoms with van der Waals surface area (Å²) in [6.07, 6.45) is 5.16. The number of nitrogens with one attached hydrogen (secondary N) is 1. The second-order valence-electron chi connectivity index (χ2n) is 10.3. The number of nitrogens with two attached hydrogens (primary N) is 1. The summed E-state index contributed by atoms with van der Waals surface area (Å²) in [7, 11) is 0.548. The van der Waals surface area contributed by atoms with Gasteiger partial charge in [-0.15, -0.1) is 0 Å². The highest BCUT2D eigenvalue weighted by atomic mass is 16.7. The third-order valence-electron chi connectivity index (χ3n) is 7.46. The molecule has 1 saturated heterocycles. The van der Waals surface area contributed by atoms with Gasteiger partial charge >= 0.3 is 13.1 Å². The van der Waals surface area contributed by atoms with Gasteiger partial charge in [0.1, 0.15) is 5.56 Å². The maximum atomic E-state index is 12.7. The SMILES string of the molecule is COC(=O)c1cc(Nc2nn(C3CCCCC3C#N)cc2C(N)=O)ccc1B1OC(C)(C)C(C)(C)O1. The maximum absolute atomic E-state index is 12.7. The highest BCUT2D eigenvalue weighted by Crippen LogP contribution is 2.37.